The molecule has 2 aromatic carbocycles. The van der Waals surface area contributed by atoms with Gasteiger partial charge in [0.15, 0.2) is 6.10 Å². The molecule has 12 heteroatoms. The van der Waals surface area contributed by atoms with Crippen molar-refractivity contribution in [3.63, 3.8) is 0 Å². The number of non-ortho nitro benzene ring substituents is 1. The van der Waals surface area contributed by atoms with Gasteiger partial charge in [0.05, 0.1) is 17.4 Å². The Balaban J connectivity index is 1.61. The van der Waals surface area contributed by atoms with Crippen molar-refractivity contribution in [3.05, 3.63) is 74.8 Å². The number of hydrazine groups is 1. The van der Waals surface area contributed by atoms with Crippen molar-refractivity contribution in [2.45, 2.75) is 18.9 Å². The van der Waals surface area contributed by atoms with Crippen LogP contribution in [0.1, 0.15) is 33.6 Å². The number of amides is 2. The normalized spacial score (nSPS) is 16.1. The van der Waals surface area contributed by atoms with Crippen LogP contribution >= 0.6 is 23.2 Å². The Morgan fingerprint density at radius 2 is 1.74 bits per heavy atom. The second-order valence-electron chi connectivity index (χ2n) is 7.42. The van der Waals surface area contributed by atoms with Gasteiger partial charge in [-0.1, -0.05) is 11.6 Å². The number of nitro groups is 1. The first-order valence-corrected chi connectivity index (χ1v) is 11.0. The molecule has 2 aromatic rings. The molecule has 1 heterocycles. The molecule has 34 heavy (non-hydrogen) atoms. The van der Waals surface area contributed by atoms with E-state index in [1.54, 1.807) is 0 Å². The minimum absolute atomic E-state index is 0.0678. The Labute approximate surface area is 203 Å². The molecule has 10 nitrogen and oxygen atoms in total. The molecule has 0 aliphatic carbocycles. The Morgan fingerprint density at radius 1 is 1.12 bits per heavy atom. The molecule has 0 bridgehead atoms. The topological polar surface area (TPSA) is 136 Å². The fourth-order valence-corrected chi connectivity index (χ4v) is 3.60. The van der Waals surface area contributed by atoms with Crippen LogP contribution < -0.4 is 5.43 Å². The second kappa shape index (κ2) is 11.1. The van der Waals surface area contributed by atoms with E-state index in [1.807, 2.05) is 0 Å². The first kappa shape index (κ1) is 25.1. The van der Waals surface area contributed by atoms with Crippen molar-refractivity contribution in [2.75, 3.05) is 12.4 Å². The predicted octanol–water partition coefficient (Wildman–Crippen LogP) is 3.17. The summed E-state index contributed by atoms with van der Waals surface area (Å²) in [6.07, 6.45) is -1.27. The van der Waals surface area contributed by atoms with Crippen LogP contribution in [0, 0.1) is 16.0 Å². The van der Waals surface area contributed by atoms with Gasteiger partial charge in [-0.3, -0.25) is 39.7 Å². The van der Waals surface area contributed by atoms with E-state index in [4.69, 9.17) is 27.9 Å². The van der Waals surface area contributed by atoms with Gasteiger partial charge >= 0.3 is 5.97 Å². The lowest BCUT2D eigenvalue weighted by atomic mass is 10.0. The van der Waals surface area contributed by atoms with Gasteiger partial charge in [-0.2, -0.15) is 0 Å². The zero-order valence-corrected chi connectivity index (χ0v) is 19.1. The van der Waals surface area contributed by atoms with E-state index in [2.05, 4.69) is 5.43 Å². The molecule has 1 N–H and O–H groups in total. The van der Waals surface area contributed by atoms with Crippen molar-refractivity contribution < 1.29 is 28.8 Å². The molecule has 0 saturated carbocycles. The van der Waals surface area contributed by atoms with Gasteiger partial charge in [0.25, 0.3) is 11.6 Å². The number of hydrogen-bond donors (Lipinski definition) is 1. The van der Waals surface area contributed by atoms with E-state index in [1.165, 1.54) is 36.4 Å². The lowest BCUT2D eigenvalue weighted by Gasteiger charge is -2.19. The van der Waals surface area contributed by atoms with Crippen LogP contribution in [0.2, 0.25) is 5.02 Å². The molecule has 1 fully saturated rings. The first-order chi connectivity index (χ1) is 16.2. The zero-order chi connectivity index (χ0) is 24.8. The molecule has 1 aliphatic heterocycles. The quantitative estimate of drug-likeness (QED) is 0.181. The van der Waals surface area contributed by atoms with Crippen molar-refractivity contribution in [1.29, 1.82) is 0 Å². The molecule has 178 valence electrons. The van der Waals surface area contributed by atoms with E-state index in [9.17, 15) is 29.3 Å². The van der Waals surface area contributed by atoms with Crippen LogP contribution in [-0.4, -0.2) is 52.0 Å². The average Bonchev–Trinajstić information content (AvgIpc) is 3.19. The molecule has 1 aliphatic rings. The summed E-state index contributed by atoms with van der Waals surface area (Å²) in [5.74, 6) is -3.24. The van der Waals surface area contributed by atoms with Crippen LogP contribution in [-0.2, 0) is 14.3 Å². The fourth-order valence-electron chi connectivity index (χ4n) is 3.27. The van der Waals surface area contributed by atoms with Gasteiger partial charge in [-0.25, -0.2) is 0 Å². The summed E-state index contributed by atoms with van der Waals surface area (Å²) >= 11 is 11.6. The molecular weight excluding hydrogens is 489 g/mol. The largest absolute Gasteiger partial charge is 0.454 e. The molecule has 2 amide bonds. The number of benzene rings is 2. The highest BCUT2D eigenvalue weighted by molar-refractivity contribution is 6.30. The van der Waals surface area contributed by atoms with Gasteiger partial charge in [0, 0.05) is 47.0 Å². The highest BCUT2D eigenvalue weighted by Crippen LogP contribution is 2.21. The Bertz CT molecular complexity index is 1110. The summed E-state index contributed by atoms with van der Waals surface area (Å²) in [7, 11) is 0. The standard InChI is InChI=1S/C22H19Cl2N3O7/c23-10-9-18(20(29)13-1-5-16(24)6-2-13)34-22(31)15-11-19(28)26(12-15)25-21(30)14-3-7-17(8-4-14)27(32)33/h1-8,15,18H,9-12H2,(H,25,30)/t15-,18+/m0/s1. The number of halogens is 2. The smallest absolute Gasteiger partial charge is 0.312 e. The predicted molar refractivity (Wildman–Crippen MR) is 121 cm³/mol. The van der Waals surface area contributed by atoms with Crippen LogP contribution in [0.3, 0.4) is 0 Å². The number of nitrogens with zero attached hydrogens (tertiary/aromatic N) is 2. The van der Waals surface area contributed by atoms with Crippen molar-refractivity contribution in [2.24, 2.45) is 5.92 Å². The van der Waals surface area contributed by atoms with E-state index in [0.717, 1.165) is 17.1 Å². The second-order valence-corrected chi connectivity index (χ2v) is 8.24. The lowest BCUT2D eigenvalue weighted by molar-refractivity contribution is -0.384. The van der Waals surface area contributed by atoms with Gasteiger partial charge in [0.1, 0.15) is 0 Å². The number of alkyl halides is 1. The minimum atomic E-state index is -1.13. The Kier molecular flexibility index (Phi) is 8.19. The number of Topliss-reactive ketones (excluding diaryl/α,β-unsaturated/α-hetero) is 1. The maximum Gasteiger partial charge on any atom is 0.312 e. The minimum Gasteiger partial charge on any atom is -0.454 e. The van der Waals surface area contributed by atoms with Crippen molar-refractivity contribution >= 4 is 52.5 Å². The monoisotopic (exact) mass is 507 g/mol. The van der Waals surface area contributed by atoms with Crippen LogP contribution in [0.15, 0.2) is 48.5 Å². The number of ether oxygens (including phenoxy) is 1. The number of nitrogens with one attached hydrogen (secondary N) is 1. The van der Waals surface area contributed by atoms with Crippen LogP contribution in [0.25, 0.3) is 0 Å². The summed E-state index contributed by atoms with van der Waals surface area (Å²) in [5.41, 5.74) is 2.59. The third-order valence-electron chi connectivity index (χ3n) is 5.09. The average molecular weight is 508 g/mol. The van der Waals surface area contributed by atoms with Gasteiger partial charge in [-0.15, -0.1) is 11.6 Å². The number of nitro benzene ring substituents is 1. The van der Waals surface area contributed by atoms with Crippen LogP contribution in [0.5, 0.6) is 0 Å². The number of ketones is 1. The lowest BCUT2D eigenvalue weighted by Crippen LogP contribution is -2.43. The Morgan fingerprint density at radius 3 is 2.32 bits per heavy atom. The number of carbonyl (C=O) groups is 4. The molecule has 0 spiro atoms. The number of rotatable bonds is 9. The highest BCUT2D eigenvalue weighted by Gasteiger charge is 2.38. The van der Waals surface area contributed by atoms with E-state index >= 15 is 0 Å². The first-order valence-electron chi connectivity index (χ1n) is 10.1. The molecule has 3 rings (SSSR count). The SMILES string of the molecule is O=C(NN1C[C@@H](C(=O)O[C@H](CCCl)C(=O)c2ccc(Cl)cc2)CC1=O)c1ccc([N+](=O)[O-])cc1. The van der Waals surface area contributed by atoms with Gasteiger partial charge in [0.2, 0.25) is 11.7 Å². The van der Waals surface area contributed by atoms with Crippen molar-refractivity contribution in [3.8, 4) is 0 Å². The maximum absolute atomic E-state index is 12.7. The molecule has 0 unspecified atom stereocenters. The maximum atomic E-state index is 12.7. The van der Waals surface area contributed by atoms with Crippen molar-refractivity contribution in [1.82, 2.24) is 10.4 Å². The number of hydrogen-bond acceptors (Lipinski definition) is 7. The fraction of sp³-hybridized carbons (Fsp3) is 0.273. The molecule has 2 atom stereocenters. The summed E-state index contributed by atoms with van der Waals surface area (Å²) in [5, 5.41) is 12.2. The van der Waals surface area contributed by atoms with Gasteiger partial charge < -0.3 is 4.74 Å². The summed E-state index contributed by atoms with van der Waals surface area (Å²) in [6, 6.07) is 10.9. The summed E-state index contributed by atoms with van der Waals surface area (Å²) in [4.78, 5) is 60.2. The molecule has 0 radical (unpaired) electrons. The number of carbonyl (C=O) groups excluding carboxylic acids is 4. The van der Waals surface area contributed by atoms with Crippen LogP contribution in [0.4, 0.5) is 5.69 Å². The van der Waals surface area contributed by atoms with E-state index in [0.29, 0.717) is 10.6 Å². The molecular formula is C22H19Cl2N3O7. The van der Waals surface area contributed by atoms with Gasteiger partial charge in [-0.05, 0) is 36.4 Å². The zero-order valence-electron chi connectivity index (χ0n) is 17.6. The highest BCUT2D eigenvalue weighted by atomic mass is 35.5. The molecule has 1 saturated heterocycles. The summed E-state index contributed by atoms with van der Waals surface area (Å²) < 4.78 is 5.38. The third kappa shape index (κ3) is 6.09. The number of esters is 1. The summed E-state index contributed by atoms with van der Waals surface area (Å²) in [6.45, 7) is -0.154. The molecule has 0 aromatic heterocycles. The van der Waals surface area contributed by atoms with E-state index in [-0.39, 0.29) is 36.5 Å². The third-order valence-corrected chi connectivity index (χ3v) is 5.56. The Hall–Kier alpha value is -3.50. The van der Waals surface area contributed by atoms with E-state index < -0.39 is 40.5 Å².